The third-order valence-corrected chi connectivity index (χ3v) is 11.7. The van der Waals surface area contributed by atoms with Gasteiger partial charge in [-0.25, -0.2) is 8.78 Å². The SMILES string of the molecule is COC1CNC(Cl)CC1C1CC(C)NCC1C(=O)NC1NC2CN(C(=O)C3CC(C(F)F)CCC3Cl)CC2S1. The van der Waals surface area contributed by atoms with Gasteiger partial charge in [-0.2, -0.15) is 0 Å². The van der Waals surface area contributed by atoms with Gasteiger partial charge in [0.05, 0.1) is 23.4 Å². The molecule has 0 aromatic heterocycles. The van der Waals surface area contributed by atoms with Crippen molar-refractivity contribution >= 4 is 46.8 Å². The van der Waals surface area contributed by atoms with E-state index in [0.717, 1.165) is 12.8 Å². The van der Waals surface area contributed by atoms with Crippen LogP contribution in [0.15, 0.2) is 0 Å². The molecule has 0 aromatic rings. The highest BCUT2D eigenvalue weighted by Crippen LogP contribution is 2.40. The second kappa shape index (κ2) is 12.8. The van der Waals surface area contributed by atoms with E-state index in [2.05, 4.69) is 28.2 Å². The van der Waals surface area contributed by atoms with Gasteiger partial charge in [0.25, 0.3) is 0 Å². The molecular weight excluding hydrogens is 571 g/mol. The molecule has 4 heterocycles. The zero-order valence-electron chi connectivity index (χ0n) is 22.5. The number of alkyl halides is 4. The summed E-state index contributed by atoms with van der Waals surface area (Å²) in [6.45, 7) is 4.46. The molecule has 0 spiro atoms. The Bertz CT molecular complexity index is 883. The van der Waals surface area contributed by atoms with Crippen molar-refractivity contribution in [1.82, 2.24) is 26.2 Å². The molecule has 39 heavy (non-hydrogen) atoms. The molecule has 0 aromatic carbocycles. The lowest BCUT2D eigenvalue weighted by molar-refractivity contribution is -0.136. The molecule has 0 radical (unpaired) electrons. The number of rotatable bonds is 6. The molecule has 12 atom stereocenters. The van der Waals surface area contributed by atoms with Gasteiger partial charge in [-0.3, -0.25) is 20.2 Å². The Morgan fingerprint density at radius 3 is 2.56 bits per heavy atom. The van der Waals surface area contributed by atoms with Crippen LogP contribution >= 0.6 is 35.0 Å². The van der Waals surface area contributed by atoms with Gasteiger partial charge in [0.1, 0.15) is 5.50 Å². The molecule has 1 saturated carbocycles. The van der Waals surface area contributed by atoms with Gasteiger partial charge in [0, 0.05) is 61.9 Å². The van der Waals surface area contributed by atoms with Crippen molar-refractivity contribution in [3.05, 3.63) is 0 Å². The van der Waals surface area contributed by atoms with E-state index in [1.165, 1.54) is 0 Å². The molecule has 5 fully saturated rings. The highest BCUT2D eigenvalue weighted by Gasteiger charge is 2.48. The molecule has 2 amide bonds. The molecule has 8 nitrogen and oxygen atoms in total. The molecule has 222 valence electrons. The Hall–Kier alpha value is -0.430. The largest absolute Gasteiger partial charge is 0.380 e. The summed E-state index contributed by atoms with van der Waals surface area (Å²) in [5, 5.41) is 13.2. The van der Waals surface area contributed by atoms with Crippen molar-refractivity contribution in [2.24, 2.45) is 29.6 Å². The zero-order valence-corrected chi connectivity index (χ0v) is 24.8. The minimum atomic E-state index is -2.42. The number of thioether (sulfide) groups is 1. The normalized spacial score (nSPS) is 44.8. The van der Waals surface area contributed by atoms with E-state index in [4.69, 9.17) is 27.9 Å². The molecule has 4 saturated heterocycles. The lowest BCUT2D eigenvalue weighted by Gasteiger charge is -2.45. The second-order valence-electron chi connectivity index (χ2n) is 12.0. The summed E-state index contributed by atoms with van der Waals surface area (Å²) in [5.74, 6) is -1.26. The van der Waals surface area contributed by atoms with E-state index in [1.54, 1.807) is 23.8 Å². The predicted octanol–water partition coefficient (Wildman–Crippen LogP) is 2.39. The number of likely N-dealkylation sites (tertiary alicyclic amines) is 1. The van der Waals surface area contributed by atoms with Crippen molar-refractivity contribution in [2.45, 2.75) is 85.3 Å². The van der Waals surface area contributed by atoms with Crippen molar-refractivity contribution in [1.29, 1.82) is 0 Å². The van der Waals surface area contributed by atoms with Crippen LogP contribution in [-0.4, -0.2) is 96.2 Å². The van der Waals surface area contributed by atoms with Crippen LogP contribution in [0.1, 0.15) is 39.0 Å². The Labute approximate surface area is 243 Å². The number of carbonyl (C=O) groups excluding carboxylic acids is 2. The van der Waals surface area contributed by atoms with Gasteiger partial charge in [-0.15, -0.1) is 35.0 Å². The fourth-order valence-corrected chi connectivity index (χ4v) is 9.37. The number of piperidine rings is 2. The molecule has 5 rings (SSSR count). The van der Waals surface area contributed by atoms with Gasteiger partial charge in [-0.1, -0.05) is 0 Å². The number of hydrogen-bond acceptors (Lipinski definition) is 7. The standard InChI is InChI=1S/C26H41Cl2F2N5O3S/c1-12-5-14(15-7-22(28)32-9-20(15)38-2)17(8-31-12)24(36)34-26-33-19-10-35(11-21(19)39-26)25(37)16-6-13(23(29)30)3-4-18(16)27/h12-23,26,31-33H,3-11H2,1-2H3,(H,34,36). The van der Waals surface area contributed by atoms with Crippen molar-refractivity contribution in [3.63, 3.8) is 0 Å². The molecule has 1 aliphatic carbocycles. The number of halogens is 4. The lowest BCUT2D eigenvalue weighted by atomic mass is 9.70. The summed E-state index contributed by atoms with van der Waals surface area (Å²) in [6.07, 6.45) is 0.196. The number of methoxy groups -OCH3 is 1. The average Bonchev–Trinajstić information content (AvgIpc) is 3.47. The van der Waals surface area contributed by atoms with Gasteiger partial charge >= 0.3 is 0 Å². The summed E-state index contributed by atoms with van der Waals surface area (Å²) < 4.78 is 32.4. The van der Waals surface area contributed by atoms with Crippen LogP contribution in [0.5, 0.6) is 0 Å². The Balaban J connectivity index is 1.16. The highest BCUT2D eigenvalue weighted by atomic mass is 35.5. The fourth-order valence-electron chi connectivity index (χ4n) is 7.33. The molecule has 13 heteroatoms. The van der Waals surface area contributed by atoms with Gasteiger partial charge in [0.2, 0.25) is 18.2 Å². The minimum Gasteiger partial charge on any atom is -0.380 e. The average molecular weight is 613 g/mol. The number of nitrogens with one attached hydrogen (secondary N) is 4. The Morgan fingerprint density at radius 2 is 1.85 bits per heavy atom. The van der Waals surface area contributed by atoms with Gasteiger partial charge < -0.3 is 20.3 Å². The molecule has 4 aliphatic heterocycles. The summed E-state index contributed by atoms with van der Waals surface area (Å²) in [5.41, 5.74) is -0.369. The van der Waals surface area contributed by atoms with E-state index >= 15 is 0 Å². The van der Waals surface area contributed by atoms with Crippen molar-refractivity contribution in [2.75, 3.05) is 33.3 Å². The van der Waals surface area contributed by atoms with E-state index in [1.807, 2.05) is 0 Å². The quantitative estimate of drug-likeness (QED) is 0.271. The van der Waals surface area contributed by atoms with Crippen LogP contribution in [0.4, 0.5) is 8.78 Å². The Morgan fingerprint density at radius 1 is 1.05 bits per heavy atom. The first-order chi connectivity index (χ1) is 18.6. The maximum absolute atomic E-state index is 13.6. The third kappa shape index (κ3) is 6.65. The summed E-state index contributed by atoms with van der Waals surface area (Å²) in [7, 11) is 1.72. The first-order valence-electron chi connectivity index (χ1n) is 14.2. The Kier molecular flexibility index (Phi) is 9.89. The first kappa shape index (κ1) is 30.0. The maximum atomic E-state index is 13.6. The minimum absolute atomic E-state index is 0.0141. The van der Waals surface area contributed by atoms with E-state index in [0.29, 0.717) is 45.1 Å². The highest BCUT2D eigenvalue weighted by molar-refractivity contribution is 8.00. The van der Waals surface area contributed by atoms with Crippen LogP contribution in [-0.2, 0) is 14.3 Å². The van der Waals surface area contributed by atoms with Gasteiger partial charge in [-0.05, 0) is 50.9 Å². The first-order valence-corrected chi connectivity index (χ1v) is 16.0. The van der Waals surface area contributed by atoms with Gasteiger partial charge in [0.15, 0.2) is 0 Å². The molecular formula is C26H41Cl2F2N5O3S. The fraction of sp³-hybridized carbons (Fsp3) is 0.923. The second-order valence-corrected chi connectivity index (χ2v) is 14.4. The van der Waals surface area contributed by atoms with Crippen LogP contribution in [0, 0.1) is 29.6 Å². The summed E-state index contributed by atoms with van der Waals surface area (Å²) in [6, 6.07) is 0.349. The van der Waals surface area contributed by atoms with E-state index in [9.17, 15) is 18.4 Å². The molecule has 4 N–H and O–H groups in total. The number of nitrogens with zero attached hydrogens (tertiary/aromatic N) is 1. The summed E-state index contributed by atoms with van der Waals surface area (Å²) in [4.78, 5) is 28.6. The number of ether oxygens (including phenoxy) is 1. The maximum Gasteiger partial charge on any atom is 0.241 e. The number of hydrogen-bond donors (Lipinski definition) is 4. The monoisotopic (exact) mass is 611 g/mol. The lowest BCUT2D eigenvalue weighted by Crippen LogP contribution is -2.57. The smallest absolute Gasteiger partial charge is 0.241 e. The van der Waals surface area contributed by atoms with Crippen molar-refractivity contribution in [3.8, 4) is 0 Å². The zero-order chi connectivity index (χ0) is 27.8. The molecule has 12 unspecified atom stereocenters. The predicted molar refractivity (Wildman–Crippen MR) is 149 cm³/mol. The molecule has 0 bridgehead atoms. The number of fused-ring (bicyclic) bond motifs is 1. The topological polar surface area (TPSA) is 94.7 Å². The van der Waals surface area contributed by atoms with Crippen molar-refractivity contribution < 1.29 is 23.1 Å². The van der Waals surface area contributed by atoms with Crippen LogP contribution in [0.25, 0.3) is 0 Å². The van der Waals surface area contributed by atoms with E-state index in [-0.39, 0.29) is 64.4 Å². The van der Waals surface area contributed by atoms with Crippen LogP contribution in [0.2, 0.25) is 0 Å². The van der Waals surface area contributed by atoms with Crippen LogP contribution < -0.4 is 21.3 Å². The van der Waals surface area contributed by atoms with E-state index < -0.39 is 23.6 Å². The van der Waals surface area contributed by atoms with Crippen LogP contribution in [0.3, 0.4) is 0 Å². The summed E-state index contributed by atoms with van der Waals surface area (Å²) >= 11 is 14.5. The molecule has 5 aliphatic rings. The number of carbonyl (C=O) groups is 2. The third-order valence-electron chi connectivity index (χ3n) is 9.52. The number of amides is 2.